The predicted molar refractivity (Wildman–Crippen MR) is 96.8 cm³/mol. The van der Waals surface area contributed by atoms with E-state index in [1.807, 2.05) is 6.07 Å². The monoisotopic (exact) mass is 343 g/mol. The van der Waals surface area contributed by atoms with Crippen molar-refractivity contribution in [2.75, 3.05) is 33.8 Å². The minimum atomic E-state index is -0.290. The van der Waals surface area contributed by atoms with Gasteiger partial charge in [0.25, 0.3) is 0 Å². The molecule has 0 heterocycles. The zero-order chi connectivity index (χ0) is 18.2. The summed E-state index contributed by atoms with van der Waals surface area (Å²) in [5.74, 6) is 2.11. The van der Waals surface area contributed by atoms with Crippen LogP contribution < -0.4 is 24.3 Å². The number of carbonyl (C=O) groups is 1. The number of carbonyl (C=O) groups excluding carboxylic acids is 1. The van der Waals surface area contributed by atoms with Crippen molar-refractivity contribution in [3.05, 3.63) is 48.0 Å². The van der Waals surface area contributed by atoms with Gasteiger partial charge < -0.3 is 24.3 Å². The molecule has 2 rings (SSSR count). The number of benzene rings is 2. The second-order valence-corrected chi connectivity index (χ2v) is 5.00. The van der Waals surface area contributed by atoms with Crippen LogP contribution in [0.2, 0.25) is 0 Å². The van der Waals surface area contributed by atoms with Crippen LogP contribution in [0.5, 0.6) is 23.0 Å². The molecule has 0 saturated carbocycles. The number of nitrogens with one attached hydrogen (secondary N) is 1. The zero-order valence-corrected chi connectivity index (χ0v) is 14.7. The number of amides is 1. The Morgan fingerprint density at radius 3 is 2.16 bits per heavy atom. The van der Waals surface area contributed by atoms with E-state index in [2.05, 4.69) is 5.32 Å². The van der Waals surface area contributed by atoms with Crippen molar-refractivity contribution in [2.45, 2.75) is 0 Å². The van der Waals surface area contributed by atoms with Gasteiger partial charge in [0.15, 0.2) is 11.5 Å². The van der Waals surface area contributed by atoms with Crippen LogP contribution in [0.15, 0.2) is 42.5 Å². The molecule has 132 valence electrons. The Morgan fingerprint density at radius 1 is 0.840 bits per heavy atom. The second kappa shape index (κ2) is 8.63. The first kappa shape index (κ1) is 18.2. The van der Waals surface area contributed by atoms with Gasteiger partial charge in [-0.1, -0.05) is 6.07 Å². The van der Waals surface area contributed by atoms with Gasteiger partial charge in [-0.25, -0.2) is 0 Å². The fraction of sp³-hybridized carbons (Fsp3) is 0.211. The number of ether oxygens (including phenoxy) is 4. The van der Waals surface area contributed by atoms with E-state index in [4.69, 9.17) is 18.9 Å². The van der Waals surface area contributed by atoms with Gasteiger partial charge in [-0.2, -0.15) is 0 Å². The standard InChI is InChI=1S/C19H21NO5/c1-22-14-7-9-16(23-2)15(12-14)20-19(21)10-6-13-5-8-17(24-3)18(11-13)25-4/h5-12H,1-4H3,(H,20,21). The molecular formula is C19H21NO5. The van der Waals surface area contributed by atoms with Gasteiger partial charge in [0, 0.05) is 12.1 Å². The van der Waals surface area contributed by atoms with Crippen molar-refractivity contribution in [1.82, 2.24) is 0 Å². The maximum Gasteiger partial charge on any atom is 0.248 e. The summed E-state index contributed by atoms with van der Waals surface area (Å²) in [7, 11) is 6.23. The third kappa shape index (κ3) is 4.67. The third-order valence-corrected chi connectivity index (χ3v) is 3.50. The number of methoxy groups -OCH3 is 4. The van der Waals surface area contributed by atoms with Gasteiger partial charge in [-0.05, 0) is 35.9 Å². The Hall–Kier alpha value is -3.15. The van der Waals surface area contributed by atoms with Crippen LogP contribution in [0, 0.1) is 0 Å². The second-order valence-electron chi connectivity index (χ2n) is 5.00. The fourth-order valence-electron chi connectivity index (χ4n) is 2.21. The van der Waals surface area contributed by atoms with Gasteiger partial charge in [0.2, 0.25) is 5.91 Å². The van der Waals surface area contributed by atoms with E-state index >= 15 is 0 Å². The van der Waals surface area contributed by atoms with E-state index in [1.54, 1.807) is 57.7 Å². The van der Waals surface area contributed by atoms with Crippen molar-refractivity contribution in [3.63, 3.8) is 0 Å². The van der Waals surface area contributed by atoms with E-state index < -0.39 is 0 Å². The van der Waals surface area contributed by atoms with Crippen LogP contribution >= 0.6 is 0 Å². The average molecular weight is 343 g/mol. The largest absolute Gasteiger partial charge is 0.497 e. The Balaban J connectivity index is 2.13. The molecule has 0 unspecified atom stereocenters. The molecule has 0 atom stereocenters. The lowest BCUT2D eigenvalue weighted by molar-refractivity contribution is -0.111. The fourth-order valence-corrected chi connectivity index (χ4v) is 2.21. The lowest BCUT2D eigenvalue weighted by Gasteiger charge is -2.10. The van der Waals surface area contributed by atoms with Crippen molar-refractivity contribution < 1.29 is 23.7 Å². The van der Waals surface area contributed by atoms with Crippen LogP contribution in [0.1, 0.15) is 5.56 Å². The first-order valence-corrected chi connectivity index (χ1v) is 7.54. The molecule has 0 fully saturated rings. The van der Waals surface area contributed by atoms with Crippen molar-refractivity contribution in [2.24, 2.45) is 0 Å². The van der Waals surface area contributed by atoms with Crippen LogP contribution in [0.3, 0.4) is 0 Å². The highest BCUT2D eigenvalue weighted by Crippen LogP contribution is 2.29. The minimum Gasteiger partial charge on any atom is -0.497 e. The first-order valence-electron chi connectivity index (χ1n) is 7.54. The summed E-state index contributed by atoms with van der Waals surface area (Å²) in [6.45, 7) is 0. The van der Waals surface area contributed by atoms with Gasteiger partial charge >= 0.3 is 0 Å². The van der Waals surface area contributed by atoms with E-state index in [0.717, 1.165) is 5.56 Å². The van der Waals surface area contributed by atoms with E-state index in [0.29, 0.717) is 28.7 Å². The molecule has 2 aromatic carbocycles. The number of hydrogen-bond acceptors (Lipinski definition) is 5. The molecule has 25 heavy (non-hydrogen) atoms. The molecule has 0 aliphatic heterocycles. The zero-order valence-electron chi connectivity index (χ0n) is 14.7. The SMILES string of the molecule is COc1ccc(OC)c(NC(=O)C=Cc2ccc(OC)c(OC)c2)c1. The highest BCUT2D eigenvalue weighted by molar-refractivity contribution is 6.02. The first-order chi connectivity index (χ1) is 12.1. The van der Waals surface area contributed by atoms with E-state index in [1.165, 1.54) is 13.2 Å². The van der Waals surface area contributed by atoms with Crippen LogP contribution in [-0.4, -0.2) is 34.3 Å². The third-order valence-electron chi connectivity index (χ3n) is 3.50. The normalized spacial score (nSPS) is 10.4. The van der Waals surface area contributed by atoms with E-state index in [9.17, 15) is 4.79 Å². The molecule has 0 spiro atoms. The summed E-state index contributed by atoms with van der Waals surface area (Å²) in [5.41, 5.74) is 1.34. The summed E-state index contributed by atoms with van der Waals surface area (Å²) in [6, 6.07) is 10.6. The van der Waals surface area contributed by atoms with Gasteiger partial charge in [-0.3, -0.25) is 4.79 Å². The quantitative estimate of drug-likeness (QED) is 0.781. The average Bonchev–Trinajstić information content (AvgIpc) is 2.65. The molecule has 2 aromatic rings. The topological polar surface area (TPSA) is 66.0 Å². The molecule has 0 aliphatic carbocycles. The minimum absolute atomic E-state index is 0.290. The molecule has 0 aliphatic rings. The molecular weight excluding hydrogens is 322 g/mol. The molecule has 0 saturated heterocycles. The lowest BCUT2D eigenvalue weighted by atomic mass is 10.2. The van der Waals surface area contributed by atoms with Gasteiger partial charge in [0.05, 0.1) is 34.1 Å². The molecule has 1 N–H and O–H groups in total. The maximum absolute atomic E-state index is 12.2. The number of anilines is 1. The summed E-state index contributed by atoms with van der Waals surface area (Å²) in [6.07, 6.45) is 3.12. The molecule has 6 nitrogen and oxygen atoms in total. The Kier molecular flexibility index (Phi) is 6.28. The summed E-state index contributed by atoms with van der Waals surface area (Å²) in [4.78, 5) is 12.2. The number of hydrogen-bond donors (Lipinski definition) is 1. The molecule has 1 amide bonds. The molecule has 0 aromatic heterocycles. The van der Waals surface area contributed by atoms with Gasteiger partial charge in [-0.15, -0.1) is 0 Å². The Morgan fingerprint density at radius 2 is 1.52 bits per heavy atom. The van der Waals surface area contributed by atoms with Gasteiger partial charge in [0.1, 0.15) is 11.5 Å². The predicted octanol–water partition coefficient (Wildman–Crippen LogP) is 3.37. The Labute approximate surface area is 147 Å². The van der Waals surface area contributed by atoms with Crippen LogP contribution in [-0.2, 0) is 4.79 Å². The molecule has 0 radical (unpaired) electrons. The Bertz CT molecular complexity index is 770. The highest BCUT2D eigenvalue weighted by atomic mass is 16.5. The van der Waals surface area contributed by atoms with Crippen LogP contribution in [0.25, 0.3) is 6.08 Å². The summed E-state index contributed by atoms with van der Waals surface area (Å²) < 4.78 is 20.8. The van der Waals surface area contributed by atoms with E-state index in [-0.39, 0.29) is 5.91 Å². The van der Waals surface area contributed by atoms with Crippen molar-refractivity contribution >= 4 is 17.7 Å². The molecule has 6 heteroatoms. The van der Waals surface area contributed by atoms with Crippen LogP contribution in [0.4, 0.5) is 5.69 Å². The lowest BCUT2D eigenvalue weighted by Crippen LogP contribution is -2.09. The number of rotatable bonds is 7. The van der Waals surface area contributed by atoms with Crippen molar-refractivity contribution in [1.29, 1.82) is 0 Å². The smallest absolute Gasteiger partial charge is 0.248 e. The van der Waals surface area contributed by atoms with Crippen molar-refractivity contribution in [3.8, 4) is 23.0 Å². The highest BCUT2D eigenvalue weighted by Gasteiger charge is 2.08. The summed E-state index contributed by atoms with van der Waals surface area (Å²) >= 11 is 0. The maximum atomic E-state index is 12.2. The summed E-state index contributed by atoms with van der Waals surface area (Å²) in [5, 5.41) is 2.77. The molecule has 0 bridgehead atoms.